The second-order valence-electron chi connectivity index (χ2n) is 4.61. The molecule has 1 amide bonds. The normalized spacial score (nSPS) is 21.6. The van der Waals surface area contributed by atoms with Crippen LogP contribution in [0.2, 0.25) is 0 Å². The Labute approximate surface area is 108 Å². The number of rotatable bonds is 3. The van der Waals surface area contributed by atoms with Crippen molar-refractivity contribution in [1.82, 2.24) is 15.6 Å². The Morgan fingerprint density at radius 3 is 2.94 bits per heavy atom. The highest BCUT2D eigenvalue weighted by Gasteiger charge is 2.25. The van der Waals surface area contributed by atoms with E-state index in [9.17, 15) is 4.79 Å². The summed E-state index contributed by atoms with van der Waals surface area (Å²) in [4.78, 5) is 18.1. The summed E-state index contributed by atoms with van der Waals surface area (Å²) in [5.41, 5.74) is 2.01. The maximum atomic E-state index is 11.6. The lowest BCUT2D eigenvalue weighted by molar-refractivity contribution is -0.122. The molecule has 2 rings (SSSR count). The van der Waals surface area contributed by atoms with E-state index in [1.165, 1.54) is 0 Å². The van der Waals surface area contributed by atoms with Gasteiger partial charge < -0.3 is 15.5 Å². The largest absolute Gasteiger partial charge is 0.357 e. The van der Waals surface area contributed by atoms with Crippen molar-refractivity contribution in [3.05, 3.63) is 24.0 Å². The number of amides is 1. The number of aromatic nitrogens is 1. The van der Waals surface area contributed by atoms with Crippen LogP contribution in [0.25, 0.3) is 0 Å². The van der Waals surface area contributed by atoms with Gasteiger partial charge in [0.15, 0.2) is 0 Å². The second-order valence-corrected chi connectivity index (χ2v) is 4.61. The number of piperazine rings is 1. The van der Waals surface area contributed by atoms with Gasteiger partial charge in [-0.05, 0) is 33.0 Å². The van der Waals surface area contributed by atoms with E-state index in [0.29, 0.717) is 6.54 Å². The van der Waals surface area contributed by atoms with Gasteiger partial charge in [0.25, 0.3) is 0 Å². The molecule has 0 radical (unpaired) electrons. The Kier molecular flexibility index (Phi) is 3.81. The summed E-state index contributed by atoms with van der Waals surface area (Å²) in [7, 11) is 1.91. The van der Waals surface area contributed by atoms with Crippen LogP contribution in [0.1, 0.15) is 25.6 Å². The van der Waals surface area contributed by atoms with Crippen LogP contribution in [-0.4, -0.2) is 37.1 Å². The van der Waals surface area contributed by atoms with Gasteiger partial charge in [0.1, 0.15) is 6.04 Å². The molecule has 1 aliphatic rings. The summed E-state index contributed by atoms with van der Waals surface area (Å²) < 4.78 is 0. The third kappa shape index (κ3) is 2.46. The highest BCUT2D eigenvalue weighted by Crippen LogP contribution is 2.19. The molecule has 0 aliphatic carbocycles. The highest BCUT2D eigenvalue weighted by molar-refractivity contribution is 5.86. The van der Waals surface area contributed by atoms with Gasteiger partial charge in [0.05, 0.1) is 17.6 Å². The number of carbonyl (C=O) groups excluding carboxylic acids is 1. The molecule has 18 heavy (non-hydrogen) atoms. The van der Waals surface area contributed by atoms with Crippen LogP contribution in [0.3, 0.4) is 0 Å². The van der Waals surface area contributed by atoms with E-state index in [1.807, 2.05) is 32.3 Å². The van der Waals surface area contributed by atoms with Crippen molar-refractivity contribution < 1.29 is 4.79 Å². The van der Waals surface area contributed by atoms with Crippen molar-refractivity contribution in [3.8, 4) is 0 Å². The third-order valence-electron chi connectivity index (χ3n) is 3.48. The van der Waals surface area contributed by atoms with Crippen LogP contribution in [-0.2, 0) is 4.79 Å². The monoisotopic (exact) mass is 248 g/mol. The first-order valence-electron chi connectivity index (χ1n) is 6.31. The van der Waals surface area contributed by atoms with E-state index < -0.39 is 0 Å². The smallest absolute Gasteiger partial charge is 0.242 e. The number of hydrogen-bond donors (Lipinski definition) is 2. The molecule has 2 unspecified atom stereocenters. The average Bonchev–Trinajstić information content (AvgIpc) is 2.41. The zero-order chi connectivity index (χ0) is 13.1. The highest BCUT2D eigenvalue weighted by atomic mass is 16.2. The Morgan fingerprint density at radius 2 is 2.33 bits per heavy atom. The van der Waals surface area contributed by atoms with E-state index >= 15 is 0 Å². The summed E-state index contributed by atoms with van der Waals surface area (Å²) in [5.74, 6) is 0.0777. The van der Waals surface area contributed by atoms with Crippen molar-refractivity contribution in [2.75, 3.05) is 25.0 Å². The predicted octanol–water partition coefficient (Wildman–Crippen LogP) is 0.687. The molecule has 1 aliphatic heterocycles. The molecule has 0 aromatic carbocycles. The fourth-order valence-corrected chi connectivity index (χ4v) is 2.11. The van der Waals surface area contributed by atoms with Crippen LogP contribution < -0.4 is 15.5 Å². The Balaban J connectivity index is 2.16. The van der Waals surface area contributed by atoms with E-state index in [2.05, 4.69) is 27.4 Å². The standard InChI is InChI=1S/C13H20N4O/c1-9(14-3)12-5-4-11(8-16-12)17-7-6-15-13(18)10(17)2/h4-5,8-10,14H,6-7H2,1-3H3,(H,15,18). The SMILES string of the molecule is CNC(C)c1ccc(N2CCNC(=O)C2C)cn1. The number of nitrogens with one attached hydrogen (secondary N) is 2. The summed E-state index contributed by atoms with van der Waals surface area (Å²) in [6.07, 6.45) is 1.85. The molecular weight excluding hydrogens is 228 g/mol. The molecular formula is C13H20N4O. The molecule has 1 aromatic rings. The van der Waals surface area contributed by atoms with E-state index in [-0.39, 0.29) is 18.0 Å². The van der Waals surface area contributed by atoms with Gasteiger partial charge in [0, 0.05) is 19.1 Å². The fraction of sp³-hybridized carbons (Fsp3) is 0.538. The van der Waals surface area contributed by atoms with Gasteiger partial charge in [-0.15, -0.1) is 0 Å². The maximum absolute atomic E-state index is 11.6. The van der Waals surface area contributed by atoms with E-state index in [0.717, 1.165) is 17.9 Å². The van der Waals surface area contributed by atoms with Gasteiger partial charge in [-0.3, -0.25) is 9.78 Å². The Hall–Kier alpha value is -1.62. The molecule has 0 spiro atoms. The van der Waals surface area contributed by atoms with E-state index in [4.69, 9.17) is 0 Å². The molecule has 98 valence electrons. The lowest BCUT2D eigenvalue weighted by atomic mass is 10.1. The summed E-state index contributed by atoms with van der Waals surface area (Å²) in [5, 5.41) is 6.02. The molecule has 0 bridgehead atoms. The van der Waals surface area contributed by atoms with Gasteiger partial charge in [-0.25, -0.2) is 0 Å². The number of pyridine rings is 1. The summed E-state index contributed by atoms with van der Waals surface area (Å²) >= 11 is 0. The zero-order valence-corrected chi connectivity index (χ0v) is 11.1. The second kappa shape index (κ2) is 5.35. The number of hydrogen-bond acceptors (Lipinski definition) is 4. The lowest BCUT2D eigenvalue weighted by Gasteiger charge is -2.34. The van der Waals surface area contributed by atoms with Crippen LogP contribution in [0.5, 0.6) is 0 Å². The van der Waals surface area contributed by atoms with Crippen LogP contribution >= 0.6 is 0 Å². The van der Waals surface area contributed by atoms with Gasteiger partial charge in [-0.2, -0.15) is 0 Å². The topological polar surface area (TPSA) is 57.3 Å². The summed E-state index contributed by atoms with van der Waals surface area (Å²) in [6.45, 7) is 5.50. The van der Waals surface area contributed by atoms with Gasteiger partial charge in [0.2, 0.25) is 5.91 Å². The molecule has 1 aromatic heterocycles. The first kappa shape index (κ1) is 12.8. The molecule has 1 fully saturated rings. The van der Waals surface area contributed by atoms with Crippen molar-refractivity contribution in [2.24, 2.45) is 0 Å². The molecule has 2 heterocycles. The maximum Gasteiger partial charge on any atom is 0.242 e. The number of carbonyl (C=O) groups is 1. The van der Waals surface area contributed by atoms with Crippen molar-refractivity contribution in [1.29, 1.82) is 0 Å². The van der Waals surface area contributed by atoms with Crippen molar-refractivity contribution >= 4 is 11.6 Å². The van der Waals surface area contributed by atoms with Gasteiger partial charge >= 0.3 is 0 Å². The molecule has 5 heteroatoms. The quantitative estimate of drug-likeness (QED) is 0.826. The Bertz CT molecular complexity index is 418. The van der Waals surface area contributed by atoms with Crippen LogP contribution in [0, 0.1) is 0 Å². The minimum atomic E-state index is -0.131. The van der Waals surface area contributed by atoms with E-state index in [1.54, 1.807) is 0 Å². The van der Waals surface area contributed by atoms with Crippen LogP contribution in [0.4, 0.5) is 5.69 Å². The van der Waals surface area contributed by atoms with Crippen LogP contribution in [0.15, 0.2) is 18.3 Å². The minimum Gasteiger partial charge on any atom is -0.357 e. The van der Waals surface area contributed by atoms with Crippen molar-refractivity contribution in [2.45, 2.75) is 25.9 Å². The molecule has 1 saturated heterocycles. The number of nitrogens with zero attached hydrogens (tertiary/aromatic N) is 2. The Morgan fingerprint density at radius 1 is 1.56 bits per heavy atom. The first-order chi connectivity index (χ1) is 8.63. The molecule has 5 nitrogen and oxygen atoms in total. The number of anilines is 1. The molecule has 2 atom stereocenters. The van der Waals surface area contributed by atoms with Gasteiger partial charge in [-0.1, -0.05) is 0 Å². The third-order valence-corrected chi connectivity index (χ3v) is 3.48. The van der Waals surface area contributed by atoms with Crippen molar-refractivity contribution in [3.63, 3.8) is 0 Å². The molecule has 2 N–H and O–H groups in total. The zero-order valence-electron chi connectivity index (χ0n) is 11.1. The lowest BCUT2D eigenvalue weighted by Crippen LogP contribution is -2.54. The average molecular weight is 248 g/mol. The fourth-order valence-electron chi connectivity index (χ4n) is 2.11. The minimum absolute atomic E-state index is 0.0777. The molecule has 0 saturated carbocycles. The predicted molar refractivity (Wildman–Crippen MR) is 71.5 cm³/mol. The summed E-state index contributed by atoms with van der Waals surface area (Å²) in [6, 6.07) is 4.15. The first-order valence-corrected chi connectivity index (χ1v) is 6.31.